The Hall–Kier alpha value is -1.03. The maximum atomic E-state index is 12.2. The molecule has 0 unspecified atom stereocenters. The van der Waals surface area contributed by atoms with E-state index in [1.165, 1.54) is 13.8 Å². The molecule has 1 N–H and O–H groups in total. The molecule has 4 heteroatoms. The van der Waals surface area contributed by atoms with E-state index in [0.29, 0.717) is 6.42 Å². The topological polar surface area (TPSA) is 71.4 Å². The monoisotopic (exact) mass is 296 g/mol. The fourth-order valence-corrected chi connectivity index (χ4v) is 3.87. The molecule has 0 aromatic heterocycles. The van der Waals surface area contributed by atoms with Crippen LogP contribution in [0.3, 0.4) is 0 Å². The number of rotatable bonds is 7. The summed E-state index contributed by atoms with van der Waals surface area (Å²) in [6.45, 7) is 6.53. The first-order valence-electron chi connectivity index (χ1n) is 7.98. The Kier molecular flexibility index (Phi) is 6.26. The number of aliphatic hydroxyl groups is 1. The Morgan fingerprint density at radius 3 is 2.29 bits per heavy atom. The minimum Gasteiger partial charge on any atom is -0.389 e. The number of hydrogen-bond donors (Lipinski definition) is 1. The van der Waals surface area contributed by atoms with Crippen LogP contribution >= 0.6 is 0 Å². The van der Waals surface area contributed by atoms with Crippen LogP contribution in [0.25, 0.3) is 0 Å². The lowest BCUT2D eigenvalue weighted by molar-refractivity contribution is -0.156. The Morgan fingerprint density at radius 2 is 1.81 bits per heavy atom. The van der Waals surface area contributed by atoms with Gasteiger partial charge < -0.3 is 5.11 Å². The summed E-state index contributed by atoms with van der Waals surface area (Å²) in [5.74, 6) is -2.22. The molecule has 4 atom stereocenters. The first-order chi connectivity index (χ1) is 9.72. The lowest BCUT2D eigenvalue weighted by Crippen LogP contribution is -2.55. The van der Waals surface area contributed by atoms with E-state index in [1.807, 2.05) is 0 Å². The maximum absolute atomic E-state index is 12.2. The van der Waals surface area contributed by atoms with Gasteiger partial charge in [-0.25, -0.2) is 0 Å². The zero-order chi connectivity index (χ0) is 16.2. The molecular weight excluding hydrogens is 268 g/mol. The zero-order valence-electron chi connectivity index (χ0n) is 13.6. The van der Waals surface area contributed by atoms with Gasteiger partial charge in [-0.3, -0.25) is 14.4 Å². The van der Waals surface area contributed by atoms with Crippen LogP contribution < -0.4 is 0 Å². The summed E-state index contributed by atoms with van der Waals surface area (Å²) >= 11 is 0. The number of hydrogen-bond acceptors (Lipinski definition) is 4. The van der Waals surface area contributed by atoms with Crippen molar-refractivity contribution in [2.45, 2.75) is 71.8 Å². The average molecular weight is 296 g/mol. The van der Waals surface area contributed by atoms with Crippen LogP contribution in [0.15, 0.2) is 0 Å². The lowest BCUT2D eigenvalue weighted by Gasteiger charge is -2.44. The minimum absolute atomic E-state index is 0.104. The van der Waals surface area contributed by atoms with E-state index in [-0.39, 0.29) is 29.7 Å². The van der Waals surface area contributed by atoms with Gasteiger partial charge in [0.1, 0.15) is 17.3 Å². The highest BCUT2D eigenvalue weighted by atomic mass is 16.3. The quantitative estimate of drug-likeness (QED) is 0.579. The molecule has 0 saturated heterocycles. The van der Waals surface area contributed by atoms with Gasteiger partial charge in [0.05, 0.1) is 17.4 Å². The molecule has 0 aromatic carbocycles. The van der Waals surface area contributed by atoms with Gasteiger partial charge in [0.2, 0.25) is 0 Å². The zero-order valence-corrected chi connectivity index (χ0v) is 13.6. The molecule has 0 amide bonds. The summed E-state index contributed by atoms with van der Waals surface area (Å²) in [4.78, 5) is 36.1. The highest BCUT2D eigenvalue weighted by Gasteiger charge is 2.52. The van der Waals surface area contributed by atoms with Crippen LogP contribution in [-0.2, 0) is 14.4 Å². The van der Waals surface area contributed by atoms with Gasteiger partial charge in [-0.05, 0) is 33.1 Å². The first-order valence-corrected chi connectivity index (χ1v) is 7.98. The molecule has 0 radical (unpaired) electrons. The van der Waals surface area contributed by atoms with Gasteiger partial charge in [0.15, 0.2) is 0 Å². The summed E-state index contributed by atoms with van der Waals surface area (Å²) in [7, 11) is 0. The van der Waals surface area contributed by atoms with Gasteiger partial charge in [0, 0.05) is 6.42 Å². The SMILES string of the molecule is CCCCCC[C@H]1[C@H](C(C)=O)C(=O)C[C@@](C)(O)[C@@H]1C(C)=O. The fraction of sp³-hybridized carbons (Fsp3) is 0.824. The minimum atomic E-state index is -1.33. The second-order valence-electron chi connectivity index (χ2n) is 6.69. The number of unbranched alkanes of at least 4 members (excludes halogenated alkanes) is 3. The Morgan fingerprint density at radius 1 is 1.19 bits per heavy atom. The summed E-state index contributed by atoms with van der Waals surface area (Å²) in [6, 6.07) is 0. The molecule has 0 aromatic rings. The third-order valence-corrected chi connectivity index (χ3v) is 4.67. The smallest absolute Gasteiger partial charge is 0.146 e. The van der Waals surface area contributed by atoms with Crippen LogP contribution in [0.4, 0.5) is 0 Å². The molecule has 4 nitrogen and oxygen atoms in total. The van der Waals surface area contributed by atoms with Crippen molar-refractivity contribution >= 4 is 17.3 Å². The Bertz CT molecular complexity index is 411. The van der Waals surface area contributed by atoms with Crippen molar-refractivity contribution < 1.29 is 19.5 Å². The van der Waals surface area contributed by atoms with Crippen molar-refractivity contribution in [3.8, 4) is 0 Å². The van der Waals surface area contributed by atoms with Crippen LogP contribution in [0.1, 0.15) is 66.2 Å². The van der Waals surface area contributed by atoms with Crippen molar-refractivity contribution in [3.63, 3.8) is 0 Å². The number of carbonyl (C=O) groups excluding carboxylic acids is 3. The number of carbonyl (C=O) groups is 3. The molecule has 0 spiro atoms. The predicted molar refractivity (Wildman–Crippen MR) is 80.8 cm³/mol. The highest BCUT2D eigenvalue weighted by molar-refractivity contribution is 6.04. The van der Waals surface area contributed by atoms with Gasteiger partial charge in [-0.1, -0.05) is 32.6 Å². The van der Waals surface area contributed by atoms with E-state index in [4.69, 9.17) is 0 Å². The molecule has 21 heavy (non-hydrogen) atoms. The van der Waals surface area contributed by atoms with E-state index in [2.05, 4.69) is 6.92 Å². The third-order valence-electron chi connectivity index (χ3n) is 4.67. The van der Waals surface area contributed by atoms with Crippen LogP contribution in [0.5, 0.6) is 0 Å². The molecule has 120 valence electrons. The second kappa shape index (κ2) is 7.30. The molecule has 1 aliphatic rings. The molecule has 0 bridgehead atoms. The standard InChI is InChI=1S/C17H28O4/c1-5-6-7-8-9-13-15(11(2)18)14(20)10-17(4,21)16(13)12(3)19/h13,15-16,21H,5-10H2,1-4H3/t13-,15-,16+,17+/m0/s1. The van der Waals surface area contributed by atoms with Crippen LogP contribution in [0.2, 0.25) is 0 Å². The van der Waals surface area contributed by atoms with Crippen LogP contribution in [-0.4, -0.2) is 28.1 Å². The molecule has 0 heterocycles. The fourth-order valence-electron chi connectivity index (χ4n) is 3.87. The number of Topliss-reactive ketones (excluding diaryl/α,β-unsaturated/α-hetero) is 3. The normalized spacial score (nSPS) is 33.0. The first kappa shape index (κ1) is 18.0. The average Bonchev–Trinajstić information content (AvgIpc) is 2.31. The summed E-state index contributed by atoms with van der Waals surface area (Å²) in [6.07, 6.45) is 4.66. The van der Waals surface area contributed by atoms with E-state index < -0.39 is 17.4 Å². The molecular formula is C17H28O4. The molecule has 1 fully saturated rings. The summed E-state index contributed by atoms with van der Waals surface area (Å²) < 4.78 is 0. The van der Waals surface area contributed by atoms with Crippen molar-refractivity contribution in [2.75, 3.05) is 0 Å². The Labute approximate surface area is 127 Å². The van der Waals surface area contributed by atoms with E-state index in [0.717, 1.165) is 25.7 Å². The maximum Gasteiger partial charge on any atom is 0.146 e. The van der Waals surface area contributed by atoms with Crippen molar-refractivity contribution in [3.05, 3.63) is 0 Å². The predicted octanol–water partition coefficient (Wildman–Crippen LogP) is 2.71. The van der Waals surface area contributed by atoms with E-state index in [9.17, 15) is 19.5 Å². The van der Waals surface area contributed by atoms with E-state index >= 15 is 0 Å². The summed E-state index contributed by atoms with van der Waals surface area (Å²) in [5.41, 5.74) is -1.33. The molecule has 0 aliphatic heterocycles. The van der Waals surface area contributed by atoms with Gasteiger partial charge in [0.25, 0.3) is 0 Å². The van der Waals surface area contributed by atoms with Crippen LogP contribution in [0, 0.1) is 17.8 Å². The van der Waals surface area contributed by atoms with Crippen molar-refractivity contribution in [1.29, 1.82) is 0 Å². The highest BCUT2D eigenvalue weighted by Crippen LogP contribution is 2.43. The molecule has 1 saturated carbocycles. The van der Waals surface area contributed by atoms with Crippen molar-refractivity contribution in [1.82, 2.24) is 0 Å². The lowest BCUT2D eigenvalue weighted by atomic mass is 9.60. The van der Waals surface area contributed by atoms with E-state index in [1.54, 1.807) is 6.92 Å². The molecule has 1 aliphatic carbocycles. The van der Waals surface area contributed by atoms with Gasteiger partial charge in [-0.15, -0.1) is 0 Å². The van der Waals surface area contributed by atoms with Gasteiger partial charge >= 0.3 is 0 Å². The van der Waals surface area contributed by atoms with Crippen molar-refractivity contribution in [2.24, 2.45) is 17.8 Å². The second-order valence-corrected chi connectivity index (χ2v) is 6.69. The summed E-state index contributed by atoms with van der Waals surface area (Å²) in [5, 5.41) is 10.5. The largest absolute Gasteiger partial charge is 0.389 e. The Balaban J connectivity index is 3.00. The number of ketones is 3. The van der Waals surface area contributed by atoms with Gasteiger partial charge in [-0.2, -0.15) is 0 Å². The third kappa shape index (κ3) is 4.22. The molecule has 1 rings (SSSR count).